The zero-order valence-corrected chi connectivity index (χ0v) is 6.84. The summed E-state index contributed by atoms with van der Waals surface area (Å²) in [5.74, 6) is 2.18. The quantitative estimate of drug-likeness (QED) is 0.502. The molecule has 0 rings (SSSR count). The van der Waals surface area contributed by atoms with E-state index in [1.165, 1.54) is 5.25 Å². The van der Waals surface area contributed by atoms with Crippen molar-refractivity contribution in [3.8, 4) is 0 Å². The van der Waals surface area contributed by atoms with Crippen LogP contribution in [0.5, 0.6) is 0 Å². The Hall–Kier alpha value is 0.833. The van der Waals surface area contributed by atoms with Gasteiger partial charge >= 0.3 is 41.4 Å². The van der Waals surface area contributed by atoms with Gasteiger partial charge in [-0.2, -0.15) is 0 Å². The molecule has 1 atom stereocenters. The predicted molar refractivity (Wildman–Crippen MR) is 29.3 cm³/mol. The molecule has 0 aromatic rings. The summed E-state index contributed by atoms with van der Waals surface area (Å²) in [5, 5.41) is 1.26. The van der Waals surface area contributed by atoms with E-state index >= 15 is 0 Å². The monoisotopic (exact) mass is 154 g/mol. The molecule has 0 spiro atoms. The molecule has 0 N–H and O–H groups in total. The molecule has 0 radical (unpaired) electrons. The summed E-state index contributed by atoms with van der Waals surface area (Å²) in [6.07, 6.45) is 0. The molecule has 0 aromatic heterocycles. The first-order valence-electron chi connectivity index (χ1n) is 1.91. The van der Waals surface area contributed by atoms with Gasteiger partial charge in [0.2, 0.25) is 0 Å². The van der Waals surface area contributed by atoms with Crippen LogP contribution in [0.2, 0.25) is 11.0 Å². The Morgan fingerprint density at radius 1 is 1.80 bits per heavy atom. The topological polar surface area (TPSA) is 0 Å². The predicted octanol–water partition coefficient (Wildman–Crippen LogP) is 1.60. The van der Waals surface area contributed by atoms with Crippen LogP contribution in [-0.4, -0.2) is 13.4 Å². The maximum atomic E-state index is 5.65. The van der Waals surface area contributed by atoms with Crippen molar-refractivity contribution in [3.63, 3.8) is 0 Å². The van der Waals surface area contributed by atoms with Crippen molar-refractivity contribution in [2.45, 2.75) is 17.9 Å². The van der Waals surface area contributed by atoms with Crippen LogP contribution in [0, 0.1) is 0 Å². The Bertz CT molecular complexity index is 20.9. The van der Waals surface area contributed by atoms with Crippen molar-refractivity contribution in [3.05, 3.63) is 0 Å². The van der Waals surface area contributed by atoms with E-state index in [4.69, 9.17) is 10.0 Å². The minimum absolute atomic E-state index is 1.04. The van der Waals surface area contributed by atoms with E-state index in [-0.39, 0.29) is 0 Å². The Labute approximate surface area is 41.8 Å². The van der Waals surface area contributed by atoms with E-state index in [0.717, 1.165) is 0 Å². The van der Waals surface area contributed by atoms with Gasteiger partial charge in [-0.05, 0) is 0 Å². The van der Waals surface area contributed by atoms with Crippen LogP contribution in [0.4, 0.5) is 0 Å². The van der Waals surface area contributed by atoms with Crippen LogP contribution in [-0.2, 0) is 0 Å². The molecule has 2 heteroatoms. The minimum atomic E-state index is -1.04. The molecule has 0 aromatic carbocycles. The molecule has 32 valence electrons. The molecule has 0 saturated carbocycles. The van der Waals surface area contributed by atoms with E-state index in [0.29, 0.717) is 0 Å². The molecule has 0 amide bonds. The van der Waals surface area contributed by atoms with Crippen molar-refractivity contribution in [1.82, 2.24) is 0 Å². The summed E-state index contributed by atoms with van der Waals surface area (Å²) in [6.45, 7) is 2.15. The average Bonchev–Trinajstić information content (AvgIpc) is 1.38. The maximum absolute atomic E-state index is 5.65. The number of hydrogen-bond acceptors (Lipinski definition) is 0. The van der Waals surface area contributed by atoms with Gasteiger partial charge in [0.15, 0.2) is 0 Å². The first kappa shape index (κ1) is 5.83. The fraction of sp³-hybridized carbons (Fsp3) is 1.00. The Balaban J connectivity index is 2.54. The average molecular weight is 153 g/mol. The molecule has 0 aliphatic carbocycles. The van der Waals surface area contributed by atoms with Crippen LogP contribution >= 0.6 is 10.0 Å². The fourth-order valence-corrected chi connectivity index (χ4v) is 0. The normalized spacial score (nSPS) is 15.0. The van der Waals surface area contributed by atoms with Gasteiger partial charge in [-0.25, -0.2) is 0 Å². The second kappa shape index (κ2) is 3.04. The summed E-state index contributed by atoms with van der Waals surface area (Å²) < 4.78 is 0. The molecule has 0 heterocycles. The molecular weight excluding hydrogens is 144 g/mol. The van der Waals surface area contributed by atoms with Crippen molar-refractivity contribution in [2.24, 2.45) is 0 Å². The Morgan fingerprint density at radius 3 is 2.00 bits per heavy atom. The number of rotatable bonds is 1. The van der Waals surface area contributed by atoms with Crippen LogP contribution in [0.3, 0.4) is 0 Å². The van der Waals surface area contributed by atoms with E-state index in [1.807, 2.05) is 0 Å². The molecule has 0 nitrogen and oxygen atoms in total. The molecule has 0 bridgehead atoms. The third-order valence-electron chi connectivity index (χ3n) is 0.563. The molecular formula is C3H9ClGe. The summed E-state index contributed by atoms with van der Waals surface area (Å²) >= 11 is -1.04. The van der Waals surface area contributed by atoms with Crippen LogP contribution in [0.1, 0.15) is 6.92 Å². The number of hydrogen-bond donors (Lipinski definition) is 0. The van der Waals surface area contributed by atoms with E-state index in [2.05, 4.69) is 12.7 Å². The van der Waals surface area contributed by atoms with Crippen molar-refractivity contribution in [1.29, 1.82) is 0 Å². The fourth-order valence-electron chi connectivity index (χ4n) is 0. The van der Waals surface area contributed by atoms with Gasteiger partial charge < -0.3 is 0 Å². The Kier molecular flexibility index (Phi) is 3.55. The van der Waals surface area contributed by atoms with Crippen molar-refractivity contribution < 1.29 is 0 Å². The van der Waals surface area contributed by atoms with Gasteiger partial charge in [-0.3, -0.25) is 0 Å². The third kappa shape index (κ3) is 4.83. The zero-order valence-electron chi connectivity index (χ0n) is 3.66. The van der Waals surface area contributed by atoms with Gasteiger partial charge in [-0.15, -0.1) is 0 Å². The van der Waals surface area contributed by atoms with Gasteiger partial charge in [-0.1, -0.05) is 0 Å². The Morgan fingerprint density at radius 2 is 2.00 bits per heavy atom. The van der Waals surface area contributed by atoms with Gasteiger partial charge in [0, 0.05) is 0 Å². The zero-order chi connectivity index (χ0) is 4.28. The van der Waals surface area contributed by atoms with E-state index < -0.39 is 13.4 Å². The van der Waals surface area contributed by atoms with Crippen LogP contribution in [0.15, 0.2) is 0 Å². The summed E-state index contributed by atoms with van der Waals surface area (Å²) in [5.41, 5.74) is 0. The molecule has 0 fully saturated rings. The van der Waals surface area contributed by atoms with Crippen LogP contribution < -0.4 is 0 Å². The van der Waals surface area contributed by atoms with Gasteiger partial charge in [0.25, 0.3) is 0 Å². The second-order valence-corrected chi connectivity index (χ2v) is 10.0. The standard InChI is InChI=1S/C3H9ClGe/c1-3-5(2)4/h5H,3H2,1-2H3. The SMILES string of the molecule is C[CH2][GeH]([CH3])[Cl]. The molecule has 1 unspecified atom stereocenters. The molecule has 5 heavy (non-hydrogen) atoms. The molecule has 0 aliphatic rings. The van der Waals surface area contributed by atoms with Gasteiger partial charge in [0.05, 0.1) is 0 Å². The second-order valence-electron chi connectivity index (χ2n) is 1.19. The van der Waals surface area contributed by atoms with Gasteiger partial charge in [0.1, 0.15) is 0 Å². The number of halogens is 1. The van der Waals surface area contributed by atoms with E-state index in [9.17, 15) is 0 Å². The summed E-state index contributed by atoms with van der Waals surface area (Å²) in [6, 6.07) is 0. The molecule has 0 saturated heterocycles. The third-order valence-corrected chi connectivity index (χ3v) is 4.53. The molecule has 0 aliphatic heterocycles. The first-order chi connectivity index (χ1) is 2.27. The summed E-state index contributed by atoms with van der Waals surface area (Å²) in [7, 11) is 5.65. The van der Waals surface area contributed by atoms with E-state index in [1.54, 1.807) is 0 Å². The first-order valence-corrected chi connectivity index (χ1v) is 9.23. The summed E-state index contributed by atoms with van der Waals surface area (Å²) in [4.78, 5) is 0. The van der Waals surface area contributed by atoms with Crippen LogP contribution in [0.25, 0.3) is 0 Å². The van der Waals surface area contributed by atoms with Crippen molar-refractivity contribution >= 4 is 23.4 Å². The van der Waals surface area contributed by atoms with Crippen molar-refractivity contribution in [2.75, 3.05) is 0 Å².